The molecule has 5 nitrogen and oxygen atoms in total. The van der Waals surface area contributed by atoms with Gasteiger partial charge in [-0.1, -0.05) is 13.8 Å². The van der Waals surface area contributed by atoms with E-state index in [0.29, 0.717) is 19.4 Å². The molecule has 3 N–H and O–H groups in total. The summed E-state index contributed by atoms with van der Waals surface area (Å²) >= 11 is 1.68. The van der Waals surface area contributed by atoms with Crippen LogP contribution in [0.5, 0.6) is 0 Å². The van der Waals surface area contributed by atoms with Crippen LogP contribution in [0.1, 0.15) is 44.3 Å². The fourth-order valence-corrected chi connectivity index (χ4v) is 2.52. The molecule has 0 fully saturated rings. The first-order valence-electron chi connectivity index (χ1n) is 7.68. The van der Waals surface area contributed by atoms with Gasteiger partial charge in [0.15, 0.2) is 5.96 Å². The third-order valence-corrected chi connectivity index (χ3v) is 4.35. The van der Waals surface area contributed by atoms with Crippen LogP contribution < -0.4 is 10.6 Å². The lowest BCUT2D eigenvalue weighted by molar-refractivity contribution is 0.0418. The molecule has 1 rings (SSSR count). The van der Waals surface area contributed by atoms with Crippen LogP contribution in [-0.2, 0) is 6.42 Å². The quantitative estimate of drug-likeness (QED) is 0.508. The first-order chi connectivity index (χ1) is 10.0. The molecule has 1 aromatic rings. The summed E-state index contributed by atoms with van der Waals surface area (Å²) in [5.41, 5.74) is 0.411. The molecule has 0 bridgehead atoms. The number of aryl methyl sites for hydroxylation is 1. The van der Waals surface area contributed by atoms with Gasteiger partial charge in [-0.25, -0.2) is 4.98 Å². The minimum absolute atomic E-state index is 0.422. The highest BCUT2D eigenvalue weighted by Gasteiger charge is 2.21. The standard InChI is InChI=1S/C15H28N4OS/c1-5-15(20,6-2)11-18-14(16-7-3)17-9-8-13-10-21-12(4)19-13/h10,20H,5-9,11H2,1-4H3,(H2,16,17,18). The van der Waals surface area contributed by atoms with Gasteiger partial charge in [0.25, 0.3) is 0 Å². The van der Waals surface area contributed by atoms with E-state index >= 15 is 0 Å². The molecule has 1 heterocycles. The van der Waals surface area contributed by atoms with Crippen LogP contribution >= 0.6 is 11.3 Å². The summed E-state index contributed by atoms with van der Waals surface area (Å²) in [6, 6.07) is 0. The normalized spacial score (nSPS) is 12.5. The lowest BCUT2D eigenvalue weighted by atomic mass is 9.98. The maximum Gasteiger partial charge on any atom is 0.191 e. The number of thiazole rings is 1. The molecule has 6 heteroatoms. The van der Waals surface area contributed by atoms with Gasteiger partial charge >= 0.3 is 0 Å². The van der Waals surface area contributed by atoms with Crippen LogP contribution in [0, 0.1) is 6.92 Å². The van der Waals surface area contributed by atoms with Gasteiger partial charge in [0, 0.05) is 24.9 Å². The van der Waals surface area contributed by atoms with Gasteiger partial charge in [-0.2, -0.15) is 0 Å². The molecule has 0 aliphatic heterocycles. The van der Waals surface area contributed by atoms with Crippen LogP contribution in [0.15, 0.2) is 10.4 Å². The third-order valence-electron chi connectivity index (χ3n) is 3.53. The number of guanidine groups is 1. The van der Waals surface area contributed by atoms with Crippen molar-refractivity contribution in [3.8, 4) is 0 Å². The summed E-state index contributed by atoms with van der Waals surface area (Å²) in [6.45, 7) is 10.0. The van der Waals surface area contributed by atoms with Crippen molar-refractivity contribution < 1.29 is 5.11 Å². The van der Waals surface area contributed by atoms with E-state index in [1.807, 2.05) is 27.7 Å². The van der Waals surface area contributed by atoms with Crippen molar-refractivity contribution >= 4 is 17.3 Å². The predicted molar refractivity (Wildman–Crippen MR) is 90.1 cm³/mol. The average molecular weight is 312 g/mol. The van der Waals surface area contributed by atoms with Crippen LogP contribution in [0.3, 0.4) is 0 Å². The Hall–Kier alpha value is -1.14. The van der Waals surface area contributed by atoms with E-state index < -0.39 is 5.60 Å². The lowest BCUT2D eigenvalue weighted by Gasteiger charge is -2.23. The van der Waals surface area contributed by atoms with Crippen LogP contribution in [-0.4, -0.2) is 41.3 Å². The highest BCUT2D eigenvalue weighted by Crippen LogP contribution is 2.14. The Morgan fingerprint density at radius 1 is 1.33 bits per heavy atom. The summed E-state index contributed by atoms with van der Waals surface area (Å²) < 4.78 is 0. The number of hydrogen-bond donors (Lipinski definition) is 3. The molecular formula is C15H28N4OS. The smallest absolute Gasteiger partial charge is 0.191 e. The molecule has 0 radical (unpaired) electrons. The highest BCUT2D eigenvalue weighted by atomic mass is 32.1. The van der Waals surface area contributed by atoms with Gasteiger partial charge in [-0.15, -0.1) is 11.3 Å². The van der Waals surface area contributed by atoms with Crippen molar-refractivity contribution in [1.29, 1.82) is 0 Å². The molecular weight excluding hydrogens is 284 g/mol. The van der Waals surface area contributed by atoms with Gasteiger partial charge in [0.05, 0.1) is 22.8 Å². The molecule has 1 aromatic heterocycles. The first kappa shape index (κ1) is 17.9. The summed E-state index contributed by atoms with van der Waals surface area (Å²) in [5, 5.41) is 20.0. The zero-order valence-electron chi connectivity index (χ0n) is 13.6. The van der Waals surface area contributed by atoms with Crippen molar-refractivity contribution in [1.82, 2.24) is 15.6 Å². The van der Waals surface area contributed by atoms with Crippen LogP contribution in [0.25, 0.3) is 0 Å². The number of rotatable bonds is 8. The molecule has 0 amide bonds. The van der Waals surface area contributed by atoms with Gasteiger partial charge in [0.2, 0.25) is 0 Å². The number of hydrogen-bond acceptors (Lipinski definition) is 4. The molecule has 0 atom stereocenters. The molecule has 0 aliphatic rings. The van der Waals surface area contributed by atoms with Crippen molar-refractivity contribution in [3.63, 3.8) is 0 Å². The number of aliphatic hydroxyl groups is 1. The zero-order valence-corrected chi connectivity index (χ0v) is 14.4. The minimum Gasteiger partial charge on any atom is -0.388 e. The Balaban J connectivity index is 2.48. The average Bonchev–Trinajstić information content (AvgIpc) is 2.90. The van der Waals surface area contributed by atoms with E-state index in [4.69, 9.17) is 0 Å². The van der Waals surface area contributed by atoms with E-state index in [-0.39, 0.29) is 0 Å². The Morgan fingerprint density at radius 2 is 2.05 bits per heavy atom. The Morgan fingerprint density at radius 3 is 2.57 bits per heavy atom. The predicted octanol–water partition coefficient (Wildman–Crippen LogP) is 2.10. The zero-order chi connectivity index (χ0) is 15.7. The second-order valence-electron chi connectivity index (χ2n) is 5.16. The summed E-state index contributed by atoms with van der Waals surface area (Å²) in [7, 11) is 0. The second-order valence-corrected chi connectivity index (χ2v) is 6.22. The molecule has 21 heavy (non-hydrogen) atoms. The first-order valence-corrected chi connectivity index (χ1v) is 8.56. The number of aliphatic imine (C=N–C) groups is 1. The van der Waals surface area contributed by atoms with Crippen molar-refractivity contribution in [2.75, 3.05) is 19.6 Å². The molecule has 0 saturated heterocycles. The van der Waals surface area contributed by atoms with Gasteiger partial charge in [0.1, 0.15) is 0 Å². The number of nitrogens with zero attached hydrogens (tertiary/aromatic N) is 2. The second kappa shape index (κ2) is 9.00. The number of aromatic nitrogens is 1. The van der Waals surface area contributed by atoms with Gasteiger partial charge in [-0.05, 0) is 26.7 Å². The lowest BCUT2D eigenvalue weighted by Crippen LogP contribution is -2.40. The molecule has 0 spiro atoms. The van der Waals surface area contributed by atoms with Crippen molar-refractivity contribution in [2.24, 2.45) is 4.99 Å². The Kier molecular flexibility index (Phi) is 7.67. The van der Waals surface area contributed by atoms with E-state index in [9.17, 15) is 5.11 Å². The summed E-state index contributed by atoms with van der Waals surface area (Å²) in [4.78, 5) is 8.93. The topological polar surface area (TPSA) is 69.5 Å². The molecule has 0 aromatic carbocycles. The summed E-state index contributed by atoms with van der Waals surface area (Å²) in [6.07, 6.45) is 2.30. The highest BCUT2D eigenvalue weighted by molar-refractivity contribution is 7.09. The molecule has 0 saturated carbocycles. The van der Waals surface area contributed by atoms with E-state index in [1.165, 1.54) is 0 Å². The maximum absolute atomic E-state index is 10.3. The van der Waals surface area contributed by atoms with E-state index in [1.54, 1.807) is 11.3 Å². The Bertz CT molecular complexity index is 441. The largest absolute Gasteiger partial charge is 0.388 e. The van der Waals surface area contributed by atoms with E-state index in [0.717, 1.165) is 36.2 Å². The molecule has 0 aliphatic carbocycles. The van der Waals surface area contributed by atoms with Gasteiger partial charge in [-0.3, -0.25) is 4.99 Å². The van der Waals surface area contributed by atoms with Crippen LogP contribution in [0.2, 0.25) is 0 Å². The third kappa shape index (κ3) is 6.44. The van der Waals surface area contributed by atoms with Crippen molar-refractivity contribution in [2.45, 2.75) is 52.6 Å². The molecule has 120 valence electrons. The molecule has 0 unspecified atom stereocenters. The SMILES string of the molecule is CCNC(=NCC(O)(CC)CC)NCCc1csc(C)n1. The number of nitrogens with one attached hydrogen (secondary N) is 2. The summed E-state index contributed by atoms with van der Waals surface area (Å²) in [5.74, 6) is 0.754. The Labute approximate surface area is 131 Å². The monoisotopic (exact) mass is 312 g/mol. The van der Waals surface area contributed by atoms with E-state index in [2.05, 4.69) is 26.0 Å². The fraction of sp³-hybridized carbons (Fsp3) is 0.733. The van der Waals surface area contributed by atoms with Gasteiger partial charge < -0.3 is 15.7 Å². The maximum atomic E-state index is 10.3. The van der Waals surface area contributed by atoms with Crippen LogP contribution in [0.4, 0.5) is 0 Å². The minimum atomic E-state index is -0.700. The van der Waals surface area contributed by atoms with Crippen molar-refractivity contribution in [3.05, 3.63) is 16.1 Å². The fourth-order valence-electron chi connectivity index (χ4n) is 1.87.